The molecule has 6 aromatic rings. The van der Waals surface area contributed by atoms with Crippen molar-refractivity contribution in [2.24, 2.45) is 7.05 Å². The van der Waals surface area contributed by atoms with Crippen molar-refractivity contribution in [3.63, 3.8) is 0 Å². The SMILES string of the molecule is [2H]C([2H])([2H])c1cc(-c2c(C)ccc3c2oc2c3nc(C([2H])([2H])[2H])c3c4ccccc4oc23)[n+](C)cc1C([2H])([2H])[2H]. The van der Waals surface area contributed by atoms with Crippen LogP contribution in [-0.2, 0) is 7.05 Å². The van der Waals surface area contributed by atoms with E-state index in [-0.39, 0.29) is 28.0 Å². The highest BCUT2D eigenvalue weighted by atomic mass is 16.4. The minimum Gasteiger partial charge on any atom is -0.452 e. The van der Waals surface area contributed by atoms with Crippen molar-refractivity contribution in [3.05, 3.63) is 71.0 Å². The second-order valence-corrected chi connectivity index (χ2v) is 7.77. The molecule has 31 heavy (non-hydrogen) atoms. The molecule has 0 spiro atoms. The number of rotatable bonds is 1. The van der Waals surface area contributed by atoms with Gasteiger partial charge in [0, 0.05) is 34.7 Å². The van der Waals surface area contributed by atoms with Crippen LogP contribution in [0.4, 0.5) is 0 Å². The molecular formula is C27H23N2O2+. The number of fused-ring (bicyclic) bond motifs is 7. The van der Waals surface area contributed by atoms with Crippen LogP contribution in [0.3, 0.4) is 0 Å². The fourth-order valence-electron chi connectivity index (χ4n) is 4.34. The van der Waals surface area contributed by atoms with Crippen LogP contribution in [0.25, 0.3) is 55.3 Å². The van der Waals surface area contributed by atoms with Gasteiger partial charge in [0.05, 0.1) is 16.6 Å². The first-order valence-corrected chi connectivity index (χ1v) is 9.80. The van der Waals surface area contributed by atoms with Gasteiger partial charge in [-0.25, -0.2) is 9.55 Å². The van der Waals surface area contributed by atoms with Crippen molar-refractivity contribution in [2.75, 3.05) is 0 Å². The molecule has 0 saturated carbocycles. The Labute approximate surface area is 192 Å². The minimum absolute atomic E-state index is 0.109. The Morgan fingerprint density at radius 1 is 0.871 bits per heavy atom. The number of aromatic nitrogens is 2. The maximum absolute atomic E-state index is 8.19. The van der Waals surface area contributed by atoms with Crippen LogP contribution in [0, 0.1) is 27.5 Å². The van der Waals surface area contributed by atoms with Gasteiger partial charge in [-0.15, -0.1) is 0 Å². The topological polar surface area (TPSA) is 43.1 Å². The monoisotopic (exact) mass is 416 g/mol. The molecule has 4 nitrogen and oxygen atoms in total. The van der Waals surface area contributed by atoms with E-state index in [1.165, 1.54) is 12.3 Å². The van der Waals surface area contributed by atoms with E-state index in [1.807, 2.05) is 6.92 Å². The maximum Gasteiger partial charge on any atom is 0.216 e. The molecule has 0 unspecified atom stereocenters. The number of hydrogen-bond acceptors (Lipinski definition) is 3. The molecule has 0 amide bonds. The van der Waals surface area contributed by atoms with E-state index in [9.17, 15) is 0 Å². The summed E-state index contributed by atoms with van der Waals surface area (Å²) in [7, 11) is 1.64. The molecule has 0 bridgehead atoms. The standard InChI is InChI=1S/C27H23N2O2/c1-14-10-11-19-24-27(26-23(17(4)28-24)18-8-6-7-9-21(18)30-26)31-25(19)22(14)20-12-15(2)16(3)13-29(20)5/h6-13H,1-5H3/q+1/i2D3,3D3,4D3. The van der Waals surface area contributed by atoms with E-state index in [2.05, 4.69) is 4.98 Å². The largest absolute Gasteiger partial charge is 0.452 e. The van der Waals surface area contributed by atoms with Gasteiger partial charge in [-0.3, -0.25) is 0 Å². The lowest BCUT2D eigenvalue weighted by atomic mass is 9.99. The Balaban J connectivity index is 1.76. The Hall–Kier alpha value is -3.66. The molecule has 6 rings (SSSR count). The first-order chi connectivity index (χ1) is 18.6. The van der Waals surface area contributed by atoms with Crippen LogP contribution < -0.4 is 4.57 Å². The molecule has 4 heteroatoms. The number of hydrogen-bond donors (Lipinski definition) is 0. The molecule has 2 aromatic carbocycles. The summed E-state index contributed by atoms with van der Waals surface area (Å²) in [5.74, 6) is 0. The molecule has 0 aliphatic rings. The van der Waals surface area contributed by atoms with Gasteiger partial charge in [0.2, 0.25) is 5.69 Å². The summed E-state index contributed by atoms with van der Waals surface area (Å²) in [6.45, 7) is -6.03. The molecule has 0 aliphatic carbocycles. The van der Waals surface area contributed by atoms with Crippen molar-refractivity contribution in [1.82, 2.24) is 4.98 Å². The highest BCUT2D eigenvalue weighted by molar-refractivity contribution is 6.19. The summed E-state index contributed by atoms with van der Waals surface area (Å²) in [5, 5.41) is 1.46. The lowest BCUT2D eigenvalue weighted by Gasteiger charge is -2.07. The fourth-order valence-corrected chi connectivity index (χ4v) is 4.34. The van der Waals surface area contributed by atoms with Crippen LogP contribution in [0.5, 0.6) is 0 Å². The summed E-state index contributed by atoms with van der Waals surface area (Å²) in [6, 6.07) is 12.0. The van der Waals surface area contributed by atoms with Gasteiger partial charge in [0.1, 0.15) is 18.1 Å². The van der Waals surface area contributed by atoms with Gasteiger partial charge in [-0.2, -0.15) is 0 Å². The molecule has 0 fully saturated rings. The van der Waals surface area contributed by atoms with Gasteiger partial charge in [0.15, 0.2) is 22.9 Å². The zero-order valence-corrected chi connectivity index (χ0v) is 16.8. The minimum atomic E-state index is -2.68. The fraction of sp³-hybridized carbons (Fsp3) is 0.185. The summed E-state index contributed by atoms with van der Waals surface area (Å²) in [4.78, 5) is 4.59. The van der Waals surface area contributed by atoms with Gasteiger partial charge < -0.3 is 8.83 Å². The molecule has 0 saturated heterocycles. The second-order valence-electron chi connectivity index (χ2n) is 7.77. The van der Waals surface area contributed by atoms with E-state index in [0.29, 0.717) is 44.1 Å². The smallest absolute Gasteiger partial charge is 0.216 e. The average molecular weight is 417 g/mol. The van der Waals surface area contributed by atoms with Gasteiger partial charge in [0.25, 0.3) is 0 Å². The number of pyridine rings is 2. The lowest BCUT2D eigenvalue weighted by Crippen LogP contribution is -2.31. The van der Waals surface area contributed by atoms with E-state index in [1.54, 1.807) is 48.0 Å². The molecule has 0 atom stereocenters. The molecular weight excluding hydrogens is 384 g/mol. The zero-order chi connectivity index (χ0) is 28.9. The normalized spacial score (nSPS) is 17.5. The molecule has 0 N–H and O–H groups in total. The van der Waals surface area contributed by atoms with Crippen LogP contribution in [-0.4, -0.2) is 4.98 Å². The van der Waals surface area contributed by atoms with Crippen molar-refractivity contribution >= 4 is 44.0 Å². The summed E-state index contributed by atoms with van der Waals surface area (Å²) < 4.78 is 86.4. The van der Waals surface area contributed by atoms with E-state index in [4.69, 9.17) is 21.2 Å². The molecule has 0 aliphatic heterocycles. The Bertz CT molecular complexity index is 1990. The Morgan fingerprint density at radius 3 is 2.58 bits per heavy atom. The van der Waals surface area contributed by atoms with Gasteiger partial charge in [-0.1, -0.05) is 24.3 Å². The van der Waals surface area contributed by atoms with E-state index < -0.39 is 20.6 Å². The second kappa shape index (κ2) is 6.17. The van der Waals surface area contributed by atoms with Gasteiger partial charge >= 0.3 is 0 Å². The van der Waals surface area contributed by atoms with Crippen molar-refractivity contribution in [3.8, 4) is 11.3 Å². The van der Waals surface area contributed by atoms with E-state index >= 15 is 0 Å². The number of furan rings is 2. The molecule has 4 aromatic heterocycles. The average Bonchev–Trinajstić information content (AvgIpc) is 3.40. The first kappa shape index (κ1) is 11.1. The van der Waals surface area contributed by atoms with Crippen molar-refractivity contribution in [1.29, 1.82) is 0 Å². The summed E-state index contributed by atoms with van der Waals surface area (Å²) >= 11 is 0. The van der Waals surface area contributed by atoms with Crippen molar-refractivity contribution < 1.29 is 25.7 Å². The quantitative estimate of drug-likeness (QED) is 0.283. The summed E-state index contributed by atoms with van der Waals surface area (Å²) in [5.41, 5.74) is 2.67. The first-order valence-electron chi connectivity index (χ1n) is 14.3. The predicted molar refractivity (Wildman–Crippen MR) is 124 cm³/mol. The van der Waals surface area contributed by atoms with Crippen LogP contribution in [0.1, 0.15) is 34.7 Å². The highest BCUT2D eigenvalue weighted by Gasteiger charge is 2.25. The van der Waals surface area contributed by atoms with Crippen molar-refractivity contribution in [2.45, 2.75) is 27.5 Å². The predicted octanol–water partition coefficient (Wildman–Crippen LogP) is 6.61. The lowest BCUT2D eigenvalue weighted by molar-refractivity contribution is -0.660. The molecule has 152 valence electrons. The third kappa shape index (κ3) is 2.42. The number of aryl methyl sites for hydroxylation is 5. The number of nitrogens with zero attached hydrogens (tertiary/aromatic N) is 2. The number of para-hydroxylation sites is 1. The third-order valence-corrected chi connectivity index (χ3v) is 5.83. The third-order valence-electron chi connectivity index (χ3n) is 5.83. The van der Waals surface area contributed by atoms with Gasteiger partial charge in [-0.05, 0) is 50.7 Å². The van der Waals surface area contributed by atoms with Crippen LogP contribution in [0.2, 0.25) is 0 Å². The molecule has 4 heterocycles. The summed E-state index contributed by atoms with van der Waals surface area (Å²) in [6.07, 6.45) is 1.31. The Kier molecular flexibility index (Phi) is 2.21. The zero-order valence-electron chi connectivity index (χ0n) is 25.8. The molecule has 0 radical (unpaired) electrons. The maximum atomic E-state index is 8.19. The number of benzene rings is 2. The van der Waals surface area contributed by atoms with Crippen LogP contribution >= 0.6 is 0 Å². The highest BCUT2D eigenvalue weighted by Crippen LogP contribution is 2.41. The Morgan fingerprint density at radius 2 is 1.74 bits per heavy atom. The van der Waals surface area contributed by atoms with Crippen LogP contribution in [0.15, 0.2) is 57.5 Å². The van der Waals surface area contributed by atoms with E-state index in [0.717, 1.165) is 5.56 Å².